The zero-order chi connectivity index (χ0) is 9.97. The number of benzene rings is 1. The largest absolute Gasteiger partial charge is 0.374 e. The van der Waals surface area contributed by atoms with Crippen molar-refractivity contribution >= 4 is 23.2 Å². The minimum atomic E-state index is 0.218. The van der Waals surface area contributed by atoms with Crippen molar-refractivity contribution in [2.24, 2.45) is 0 Å². The lowest BCUT2D eigenvalue weighted by Gasteiger charge is -2.11. The van der Waals surface area contributed by atoms with Crippen molar-refractivity contribution in [3.63, 3.8) is 0 Å². The van der Waals surface area contributed by atoms with Gasteiger partial charge in [0, 0.05) is 17.5 Å². The van der Waals surface area contributed by atoms with E-state index in [-0.39, 0.29) is 6.10 Å². The van der Waals surface area contributed by atoms with E-state index in [9.17, 15) is 0 Å². The van der Waals surface area contributed by atoms with Crippen LogP contribution in [0, 0.1) is 0 Å². The third kappa shape index (κ3) is 2.22. The van der Waals surface area contributed by atoms with Crippen LogP contribution in [0.1, 0.15) is 30.1 Å². The second-order valence-corrected chi connectivity index (χ2v) is 4.23. The molecule has 0 saturated carbocycles. The maximum Gasteiger partial charge on any atom is 0.0826 e. The van der Waals surface area contributed by atoms with E-state index in [0.717, 1.165) is 35.6 Å². The molecule has 0 bridgehead atoms. The topological polar surface area (TPSA) is 9.23 Å². The Bertz CT molecular complexity index is 319. The molecule has 2 rings (SSSR count). The molecular formula is C11H12Cl2O. The molecule has 1 heterocycles. The number of hydrogen-bond acceptors (Lipinski definition) is 1. The van der Waals surface area contributed by atoms with Gasteiger partial charge in [0.25, 0.3) is 0 Å². The van der Waals surface area contributed by atoms with Gasteiger partial charge in [0.1, 0.15) is 0 Å². The molecule has 1 aromatic rings. The zero-order valence-corrected chi connectivity index (χ0v) is 9.31. The highest BCUT2D eigenvalue weighted by Gasteiger charge is 2.18. The van der Waals surface area contributed by atoms with E-state index >= 15 is 0 Å². The van der Waals surface area contributed by atoms with Gasteiger partial charge < -0.3 is 4.74 Å². The van der Waals surface area contributed by atoms with Crippen LogP contribution in [0.25, 0.3) is 0 Å². The summed E-state index contributed by atoms with van der Waals surface area (Å²) in [4.78, 5) is 0. The quantitative estimate of drug-likeness (QED) is 0.700. The molecule has 0 radical (unpaired) electrons. The van der Waals surface area contributed by atoms with Crippen LogP contribution in [0.5, 0.6) is 0 Å². The third-order valence-electron chi connectivity index (χ3n) is 2.44. The van der Waals surface area contributed by atoms with Crippen LogP contribution in [-0.4, -0.2) is 6.61 Å². The molecule has 0 spiro atoms. The van der Waals surface area contributed by atoms with Gasteiger partial charge in [-0.25, -0.2) is 0 Å². The van der Waals surface area contributed by atoms with Gasteiger partial charge in [0.15, 0.2) is 0 Å². The van der Waals surface area contributed by atoms with Gasteiger partial charge in [-0.15, -0.1) is 11.6 Å². The SMILES string of the molecule is ClCc1cc(Cl)cc(C2CCCO2)c1. The maximum atomic E-state index is 5.99. The van der Waals surface area contributed by atoms with Gasteiger partial charge in [-0.3, -0.25) is 0 Å². The Labute approximate surface area is 94.0 Å². The van der Waals surface area contributed by atoms with Crippen molar-refractivity contribution < 1.29 is 4.74 Å². The molecule has 3 heteroatoms. The number of ether oxygens (including phenoxy) is 1. The molecule has 76 valence electrons. The summed E-state index contributed by atoms with van der Waals surface area (Å²) in [5, 5.41) is 0.744. The van der Waals surface area contributed by atoms with Crippen LogP contribution in [0.2, 0.25) is 5.02 Å². The fraction of sp³-hybridized carbons (Fsp3) is 0.455. The Morgan fingerprint density at radius 1 is 1.36 bits per heavy atom. The van der Waals surface area contributed by atoms with E-state index in [1.165, 1.54) is 0 Å². The van der Waals surface area contributed by atoms with E-state index in [0.29, 0.717) is 5.88 Å². The third-order valence-corrected chi connectivity index (χ3v) is 2.96. The summed E-state index contributed by atoms with van der Waals surface area (Å²) in [6.07, 6.45) is 2.44. The Hall–Kier alpha value is -0.240. The monoisotopic (exact) mass is 230 g/mol. The van der Waals surface area contributed by atoms with Crippen LogP contribution in [-0.2, 0) is 10.6 Å². The first kappa shape index (κ1) is 10.3. The van der Waals surface area contributed by atoms with Crippen LogP contribution < -0.4 is 0 Å². The van der Waals surface area contributed by atoms with Gasteiger partial charge in [-0.2, -0.15) is 0 Å². The standard InChI is InChI=1S/C11H12Cl2O/c12-7-8-4-9(6-10(13)5-8)11-2-1-3-14-11/h4-6,11H,1-3,7H2. The zero-order valence-electron chi connectivity index (χ0n) is 7.80. The molecule has 0 aromatic heterocycles. The molecule has 1 atom stereocenters. The van der Waals surface area contributed by atoms with Crippen molar-refractivity contribution in [1.29, 1.82) is 0 Å². The minimum Gasteiger partial charge on any atom is -0.374 e. The Morgan fingerprint density at radius 3 is 2.86 bits per heavy atom. The van der Waals surface area contributed by atoms with E-state index in [1.54, 1.807) is 0 Å². The normalized spacial score (nSPS) is 21.4. The van der Waals surface area contributed by atoms with Crippen LogP contribution in [0.15, 0.2) is 18.2 Å². The molecule has 0 aliphatic carbocycles. The fourth-order valence-corrected chi connectivity index (χ4v) is 2.20. The predicted molar refractivity (Wildman–Crippen MR) is 58.9 cm³/mol. The highest BCUT2D eigenvalue weighted by Crippen LogP contribution is 2.31. The smallest absolute Gasteiger partial charge is 0.0826 e. The summed E-state index contributed by atoms with van der Waals surface area (Å²) in [7, 11) is 0. The molecule has 1 saturated heterocycles. The summed E-state index contributed by atoms with van der Waals surface area (Å²) in [6, 6.07) is 5.94. The molecule has 1 aliphatic heterocycles. The molecule has 1 aromatic carbocycles. The van der Waals surface area contributed by atoms with Crippen LogP contribution >= 0.6 is 23.2 Å². The highest BCUT2D eigenvalue weighted by molar-refractivity contribution is 6.30. The molecule has 1 nitrogen and oxygen atoms in total. The molecule has 0 N–H and O–H groups in total. The van der Waals surface area contributed by atoms with Crippen molar-refractivity contribution in [3.8, 4) is 0 Å². The molecule has 0 amide bonds. The number of alkyl halides is 1. The van der Waals surface area contributed by atoms with Crippen molar-refractivity contribution in [1.82, 2.24) is 0 Å². The number of hydrogen-bond donors (Lipinski definition) is 0. The Morgan fingerprint density at radius 2 is 2.21 bits per heavy atom. The highest BCUT2D eigenvalue weighted by atomic mass is 35.5. The Balaban J connectivity index is 2.27. The van der Waals surface area contributed by atoms with Crippen molar-refractivity contribution in [2.75, 3.05) is 6.61 Å². The second-order valence-electron chi connectivity index (χ2n) is 3.53. The second kappa shape index (κ2) is 4.52. The molecule has 1 fully saturated rings. The van der Waals surface area contributed by atoms with E-state index in [4.69, 9.17) is 27.9 Å². The average molecular weight is 231 g/mol. The van der Waals surface area contributed by atoms with E-state index < -0.39 is 0 Å². The first-order chi connectivity index (χ1) is 6.79. The van der Waals surface area contributed by atoms with Gasteiger partial charge in [0.2, 0.25) is 0 Å². The van der Waals surface area contributed by atoms with Crippen LogP contribution in [0.3, 0.4) is 0 Å². The van der Waals surface area contributed by atoms with Crippen molar-refractivity contribution in [2.45, 2.75) is 24.8 Å². The lowest BCUT2D eigenvalue weighted by atomic mass is 10.0. The lowest BCUT2D eigenvalue weighted by Crippen LogP contribution is -1.96. The fourth-order valence-electron chi connectivity index (χ4n) is 1.78. The maximum absolute atomic E-state index is 5.99. The average Bonchev–Trinajstić information content (AvgIpc) is 2.69. The molecular weight excluding hydrogens is 219 g/mol. The van der Waals surface area contributed by atoms with Gasteiger partial charge in [0.05, 0.1) is 6.10 Å². The van der Waals surface area contributed by atoms with Crippen LogP contribution in [0.4, 0.5) is 0 Å². The minimum absolute atomic E-state index is 0.218. The molecule has 14 heavy (non-hydrogen) atoms. The predicted octanol–water partition coefficient (Wildman–Crippen LogP) is 3.93. The number of halogens is 2. The summed E-state index contributed by atoms with van der Waals surface area (Å²) in [5.74, 6) is 0.500. The summed E-state index contributed by atoms with van der Waals surface area (Å²) >= 11 is 11.8. The summed E-state index contributed by atoms with van der Waals surface area (Å²) < 4.78 is 5.59. The van der Waals surface area contributed by atoms with Gasteiger partial charge >= 0.3 is 0 Å². The summed E-state index contributed by atoms with van der Waals surface area (Å²) in [5.41, 5.74) is 2.22. The van der Waals surface area contributed by atoms with E-state index in [2.05, 4.69) is 6.07 Å². The lowest BCUT2D eigenvalue weighted by molar-refractivity contribution is 0.112. The van der Waals surface area contributed by atoms with Crippen molar-refractivity contribution in [3.05, 3.63) is 34.3 Å². The van der Waals surface area contributed by atoms with Gasteiger partial charge in [-0.05, 0) is 36.1 Å². The number of rotatable bonds is 2. The Kier molecular flexibility index (Phi) is 3.32. The van der Waals surface area contributed by atoms with Gasteiger partial charge in [-0.1, -0.05) is 17.7 Å². The first-order valence-corrected chi connectivity index (χ1v) is 5.68. The first-order valence-electron chi connectivity index (χ1n) is 4.76. The summed E-state index contributed by atoms with van der Waals surface area (Å²) in [6.45, 7) is 0.855. The molecule has 1 aliphatic rings. The molecule has 1 unspecified atom stereocenters. The van der Waals surface area contributed by atoms with E-state index in [1.807, 2.05) is 12.1 Å².